The molecule has 1 aromatic carbocycles. The van der Waals surface area contributed by atoms with E-state index in [2.05, 4.69) is 16.8 Å². The molecule has 0 atom stereocenters. The maximum Gasteiger partial charge on any atom is 0.267 e. The number of nitrogens with two attached hydrogens (primary N) is 1. The zero-order valence-electron chi connectivity index (χ0n) is 14.7. The number of amides is 1. The molecule has 6 nitrogen and oxygen atoms in total. The number of methoxy groups -OCH3 is 1. The normalized spacial score (nSPS) is 13.5. The Kier molecular flexibility index (Phi) is 5.16. The molecule has 132 valence electrons. The van der Waals surface area contributed by atoms with E-state index in [9.17, 15) is 4.79 Å². The number of aromatic nitrogens is 2. The van der Waals surface area contributed by atoms with Gasteiger partial charge in [0.05, 0.1) is 12.8 Å². The van der Waals surface area contributed by atoms with E-state index in [4.69, 9.17) is 15.5 Å². The van der Waals surface area contributed by atoms with Gasteiger partial charge >= 0.3 is 0 Å². The second-order valence-electron chi connectivity index (χ2n) is 6.42. The van der Waals surface area contributed by atoms with Gasteiger partial charge in [-0.3, -0.25) is 4.79 Å². The number of primary amides is 1. The molecular weight excluding hydrogens is 316 g/mol. The summed E-state index contributed by atoms with van der Waals surface area (Å²) in [4.78, 5) is 23.0. The molecule has 1 heterocycles. The van der Waals surface area contributed by atoms with Crippen molar-refractivity contribution >= 4 is 11.9 Å². The van der Waals surface area contributed by atoms with E-state index in [1.807, 2.05) is 24.3 Å². The Morgan fingerprint density at radius 2 is 2.12 bits per heavy atom. The van der Waals surface area contributed by atoms with Crippen LogP contribution in [0, 0.1) is 5.92 Å². The van der Waals surface area contributed by atoms with Gasteiger partial charge in [0.15, 0.2) is 0 Å². The third kappa shape index (κ3) is 4.26. The molecule has 6 heteroatoms. The fourth-order valence-corrected chi connectivity index (χ4v) is 2.79. The number of hydrogen-bond donors (Lipinski definition) is 1. The Bertz CT molecular complexity index is 759. The predicted octanol–water partition coefficient (Wildman–Crippen LogP) is 2.88. The predicted molar refractivity (Wildman–Crippen MR) is 97.8 cm³/mol. The molecule has 1 amide bonds. The number of anilines is 1. The molecule has 0 spiro atoms. The van der Waals surface area contributed by atoms with Crippen LogP contribution < -0.4 is 15.4 Å². The van der Waals surface area contributed by atoms with Crippen molar-refractivity contribution in [3.8, 4) is 17.0 Å². The first-order chi connectivity index (χ1) is 12.1. The van der Waals surface area contributed by atoms with Crippen LogP contribution in [0.15, 0.2) is 30.3 Å². The summed E-state index contributed by atoms with van der Waals surface area (Å²) in [6.07, 6.45) is 3.49. The molecule has 2 aromatic rings. The van der Waals surface area contributed by atoms with E-state index in [0.29, 0.717) is 17.6 Å². The minimum absolute atomic E-state index is 0.236. The Labute approximate surface area is 148 Å². The van der Waals surface area contributed by atoms with Gasteiger partial charge in [-0.15, -0.1) is 0 Å². The number of ether oxygens (including phenoxy) is 1. The van der Waals surface area contributed by atoms with Crippen LogP contribution in [0.25, 0.3) is 11.3 Å². The van der Waals surface area contributed by atoms with Crippen molar-refractivity contribution in [3.05, 3.63) is 36.0 Å². The van der Waals surface area contributed by atoms with Crippen molar-refractivity contribution in [1.29, 1.82) is 0 Å². The van der Waals surface area contributed by atoms with Gasteiger partial charge in [0.25, 0.3) is 5.91 Å². The van der Waals surface area contributed by atoms with Gasteiger partial charge in [-0.25, -0.2) is 9.97 Å². The van der Waals surface area contributed by atoms with Gasteiger partial charge < -0.3 is 15.4 Å². The quantitative estimate of drug-likeness (QED) is 0.799. The van der Waals surface area contributed by atoms with Gasteiger partial charge in [-0.1, -0.05) is 19.1 Å². The molecule has 0 radical (unpaired) electrons. The molecule has 3 rings (SSSR count). The van der Waals surface area contributed by atoms with Gasteiger partial charge in [0, 0.05) is 18.7 Å². The summed E-state index contributed by atoms with van der Waals surface area (Å²) in [5, 5.41) is 0. The summed E-state index contributed by atoms with van der Waals surface area (Å²) in [5.41, 5.74) is 7.28. The Morgan fingerprint density at radius 3 is 2.76 bits per heavy atom. The summed E-state index contributed by atoms with van der Waals surface area (Å²) in [6, 6.07) is 9.24. The molecule has 2 N–H and O–H groups in total. The van der Waals surface area contributed by atoms with Gasteiger partial charge in [0.1, 0.15) is 11.4 Å². The molecule has 1 fully saturated rings. The van der Waals surface area contributed by atoms with Crippen LogP contribution in [0.5, 0.6) is 5.75 Å². The van der Waals surface area contributed by atoms with Crippen LogP contribution in [0.1, 0.15) is 36.7 Å². The first-order valence-electron chi connectivity index (χ1n) is 8.69. The number of nitrogens with zero attached hydrogens (tertiary/aromatic N) is 3. The molecule has 0 unspecified atom stereocenters. The lowest BCUT2D eigenvalue weighted by molar-refractivity contribution is 0.0995. The second-order valence-corrected chi connectivity index (χ2v) is 6.42. The van der Waals surface area contributed by atoms with Crippen molar-refractivity contribution in [2.45, 2.75) is 26.2 Å². The summed E-state index contributed by atoms with van der Waals surface area (Å²) in [5.74, 6) is 1.47. The topological polar surface area (TPSA) is 81.3 Å². The monoisotopic (exact) mass is 340 g/mol. The minimum atomic E-state index is -0.546. The SMILES string of the molecule is CCCN(CC1CC1)c1nc(C(N)=O)cc(-c2cccc(OC)c2)n1. The van der Waals surface area contributed by atoms with Crippen LogP contribution in [0.4, 0.5) is 5.95 Å². The lowest BCUT2D eigenvalue weighted by Crippen LogP contribution is -2.29. The molecular formula is C19H24N4O2. The number of hydrogen-bond acceptors (Lipinski definition) is 5. The van der Waals surface area contributed by atoms with E-state index in [1.165, 1.54) is 12.8 Å². The zero-order valence-corrected chi connectivity index (χ0v) is 14.7. The highest BCUT2D eigenvalue weighted by molar-refractivity contribution is 5.92. The van der Waals surface area contributed by atoms with Gasteiger partial charge in [0.2, 0.25) is 5.95 Å². The number of carbonyl (C=O) groups is 1. The van der Waals surface area contributed by atoms with Crippen molar-refractivity contribution in [2.24, 2.45) is 11.7 Å². The third-order valence-electron chi connectivity index (χ3n) is 4.28. The maximum absolute atomic E-state index is 11.8. The first kappa shape index (κ1) is 17.2. The van der Waals surface area contributed by atoms with E-state index < -0.39 is 5.91 Å². The Morgan fingerprint density at radius 1 is 1.32 bits per heavy atom. The highest BCUT2D eigenvalue weighted by Gasteiger charge is 2.26. The van der Waals surface area contributed by atoms with Crippen molar-refractivity contribution in [2.75, 3.05) is 25.1 Å². The van der Waals surface area contributed by atoms with Gasteiger partial charge in [-0.2, -0.15) is 0 Å². The summed E-state index contributed by atoms with van der Waals surface area (Å²) in [7, 11) is 1.62. The molecule has 25 heavy (non-hydrogen) atoms. The number of benzene rings is 1. The fourth-order valence-electron chi connectivity index (χ4n) is 2.79. The molecule has 0 saturated heterocycles. The highest BCUT2D eigenvalue weighted by Crippen LogP contribution is 2.31. The van der Waals surface area contributed by atoms with Gasteiger partial charge in [-0.05, 0) is 43.4 Å². The largest absolute Gasteiger partial charge is 0.497 e. The average molecular weight is 340 g/mol. The van der Waals surface area contributed by atoms with E-state index in [-0.39, 0.29) is 5.69 Å². The third-order valence-corrected chi connectivity index (χ3v) is 4.28. The Balaban J connectivity index is 2.02. The molecule has 0 bridgehead atoms. The van der Waals surface area contributed by atoms with E-state index in [0.717, 1.165) is 30.8 Å². The summed E-state index contributed by atoms with van der Waals surface area (Å²) >= 11 is 0. The molecule has 1 aliphatic carbocycles. The average Bonchev–Trinajstić information content (AvgIpc) is 3.45. The summed E-state index contributed by atoms with van der Waals surface area (Å²) in [6.45, 7) is 3.91. The van der Waals surface area contributed by atoms with Crippen LogP contribution in [0.2, 0.25) is 0 Å². The van der Waals surface area contributed by atoms with Crippen LogP contribution in [-0.4, -0.2) is 36.1 Å². The van der Waals surface area contributed by atoms with E-state index >= 15 is 0 Å². The maximum atomic E-state index is 11.8. The zero-order chi connectivity index (χ0) is 17.8. The second kappa shape index (κ2) is 7.51. The highest BCUT2D eigenvalue weighted by atomic mass is 16.5. The van der Waals surface area contributed by atoms with Crippen LogP contribution in [0.3, 0.4) is 0 Å². The van der Waals surface area contributed by atoms with Crippen molar-refractivity contribution in [3.63, 3.8) is 0 Å². The number of rotatable bonds is 8. The Hall–Kier alpha value is -2.63. The van der Waals surface area contributed by atoms with Crippen LogP contribution >= 0.6 is 0 Å². The van der Waals surface area contributed by atoms with Crippen molar-refractivity contribution in [1.82, 2.24) is 9.97 Å². The molecule has 1 aliphatic rings. The number of carbonyl (C=O) groups excluding carboxylic acids is 1. The lowest BCUT2D eigenvalue weighted by atomic mass is 10.1. The first-order valence-corrected chi connectivity index (χ1v) is 8.69. The smallest absolute Gasteiger partial charge is 0.267 e. The lowest BCUT2D eigenvalue weighted by Gasteiger charge is -2.23. The van der Waals surface area contributed by atoms with E-state index in [1.54, 1.807) is 13.2 Å². The molecule has 0 aliphatic heterocycles. The van der Waals surface area contributed by atoms with Crippen LogP contribution in [-0.2, 0) is 0 Å². The molecule has 1 saturated carbocycles. The minimum Gasteiger partial charge on any atom is -0.497 e. The van der Waals surface area contributed by atoms with Crippen molar-refractivity contribution < 1.29 is 9.53 Å². The fraction of sp³-hybridized carbons (Fsp3) is 0.421. The summed E-state index contributed by atoms with van der Waals surface area (Å²) < 4.78 is 5.29. The molecule has 1 aromatic heterocycles. The standard InChI is InChI=1S/C19H24N4O2/c1-3-9-23(12-13-7-8-13)19-21-16(11-17(22-19)18(20)24)14-5-4-6-15(10-14)25-2/h4-6,10-11,13H,3,7-9,12H2,1-2H3,(H2,20,24).